The summed E-state index contributed by atoms with van der Waals surface area (Å²) in [5.74, 6) is 0.156. The van der Waals surface area contributed by atoms with Crippen LogP contribution in [0.4, 0.5) is 0 Å². The van der Waals surface area contributed by atoms with Gasteiger partial charge in [0.05, 0.1) is 26.0 Å². The lowest BCUT2D eigenvalue weighted by Crippen LogP contribution is -2.39. The van der Waals surface area contributed by atoms with E-state index in [0.29, 0.717) is 38.0 Å². The number of carbonyl (C=O) groups excluding carboxylic acids is 1. The van der Waals surface area contributed by atoms with Gasteiger partial charge in [0.15, 0.2) is 4.80 Å². The highest BCUT2D eigenvalue weighted by Crippen LogP contribution is 2.37. The van der Waals surface area contributed by atoms with Gasteiger partial charge in [0, 0.05) is 25.5 Å². The smallest absolute Gasteiger partial charge is 0.338 e. The van der Waals surface area contributed by atoms with Crippen LogP contribution in [0.3, 0.4) is 0 Å². The second-order valence-electron chi connectivity index (χ2n) is 9.67. The average Bonchev–Trinajstić information content (AvgIpc) is 3.65. The molecular weight excluding hydrogens is 795 g/mol. The van der Waals surface area contributed by atoms with Gasteiger partial charge >= 0.3 is 5.97 Å². The highest BCUT2D eigenvalue weighted by molar-refractivity contribution is 14.1. The molecule has 5 aromatic rings. The molecule has 0 fully saturated rings. The maximum atomic E-state index is 14.2. The molecule has 1 atom stereocenters. The fourth-order valence-corrected chi connectivity index (χ4v) is 8.52. The number of halogens is 3. The number of fused-ring (bicyclic) bond motifs is 1. The molecular formula is C33H23BrClIN2O4S2. The van der Waals surface area contributed by atoms with E-state index in [0.717, 1.165) is 29.6 Å². The lowest BCUT2D eigenvalue weighted by atomic mass is 9.97. The van der Waals surface area contributed by atoms with Crippen LogP contribution in [0.5, 0.6) is 5.75 Å². The number of carbonyl (C=O) groups is 1. The molecule has 0 bridgehead atoms. The van der Waals surface area contributed by atoms with Crippen molar-refractivity contribution in [1.82, 2.24) is 4.57 Å². The van der Waals surface area contributed by atoms with Crippen molar-refractivity contribution in [3.63, 3.8) is 0 Å². The number of ether oxygens (including phenoxy) is 2. The number of hydrogen-bond acceptors (Lipinski definition) is 7. The zero-order valence-electron chi connectivity index (χ0n) is 23.1. The van der Waals surface area contributed by atoms with Crippen molar-refractivity contribution >= 4 is 90.5 Å². The third-order valence-corrected chi connectivity index (χ3v) is 10.2. The van der Waals surface area contributed by atoms with E-state index >= 15 is 0 Å². The van der Waals surface area contributed by atoms with Crippen molar-refractivity contribution in [2.45, 2.75) is 19.6 Å². The largest absolute Gasteiger partial charge is 0.487 e. The molecule has 0 radical (unpaired) electrons. The number of benzene rings is 3. The van der Waals surface area contributed by atoms with E-state index in [2.05, 4.69) is 38.5 Å². The van der Waals surface area contributed by atoms with E-state index in [1.165, 1.54) is 22.7 Å². The molecule has 1 aliphatic heterocycles. The molecule has 222 valence electrons. The van der Waals surface area contributed by atoms with Crippen LogP contribution in [0, 0.1) is 3.57 Å². The second-order valence-corrected chi connectivity index (χ2v) is 14.2. The standard InChI is InChI=1S/C33H23BrClIN2O4S2/c1-2-41-32(40)27-28(20-7-4-3-5-8-20)37-33-38(29(27)25-9-6-14-43-25)31(39)26(44-33)16-21-15-22(34)17-24(36)30(21)42-18-19-10-12-23(35)13-11-19/h3-17,29H,2,18H2,1H3/b26-16-/t29-/m0/s1. The Hall–Kier alpha value is -3.03. The van der Waals surface area contributed by atoms with Gasteiger partial charge in [0.2, 0.25) is 0 Å². The number of esters is 1. The Bertz CT molecular complexity index is 2060. The summed E-state index contributed by atoms with van der Waals surface area (Å²) < 4.78 is 15.6. The lowest BCUT2D eigenvalue weighted by Gasteiger charge is -2.24. The molecule has 3 aromatic carbocycles. The zero-order valence-corrected chi connectivity index (χ0v) is 29.3. The molecule has 0 N–H and O–H groups in total. The third-order valence-electron chi connectivity index (χ3n) is 6.81. The Morgan fingerprint density at radius 1 is 1.11 bits per heavy atom. The molecule has 3 heterocycles. The highest BCUT2D eigenvalue weighted by Gasteiger charge is 2.35. The van der Waals surface area contributed by atoms with Gasteiger partial charge in [-0.15, -0.1) is 11.3 Å². The minimum Gasteiger partial charge on any atom is -0.487 e. The Morgan fingerprint density at radius 3 is 2.59 bits per heavy atom. The van der Waals surface area contributed by atoms with Crippen molar-refractivity contribution in [3.8, 4) is 5.75 Å². The van der Waals surface area contributed by atoms with Crippen LogP contribution in [-0.4, -0.2) is 17.1 Å². The van der Waals surface area contributed by atoms with Crippen LogP contribution in [-0.2, 0) is 16.1 Å². The molecule has 0 unspecified atom stereocenters. The molecule has 44 heavy (non-hydrogen) atoms. The summed E-state index contributed by atoms with van der Waals surface area (Å²) in [6.45, 7) is 2.30. The van der Waals surface area contributed by atoms with Gasteiger partial charge in [-0.2, -0.15) is 0 Å². The maximum absolute atomic E-state index is 14.2. The predicted molar refractivity (Wildman–Crippen MR) is 188 cm³/mol. The van der Waals surface area contributed by atoms with Gasteiger partial charge in [-0.3, -0.25) is 9.36 Å². The molecule has 0 saturated heterocycles. The first-order valence-electron chi connectivity index (χ1n) is 13.5. The van der Waals surface area contributed by atoms with Crippen LogP contribution >= 0.6 is 72.8 Å². The highest BCUT2D eigenvalue weighted by atomic mass is 127. The van der Waals surface area contributed by atoms with Crippen molar-refractivity contribution in [3.05, 3.63) is 144 Å². The fourth-order valence-electron chi connectivity index (χ4n) is 4.87. The third kappa shape index (κ3) is 6.36. The number of hydrogen-bond donors (Lipinski definition) is 0. The molecule has 1 aliphatic rings. The number of nitrogens with zero attached hydrogens (tertiary/aromatic N) is 2. The normalized spacial score (nSPS) is 14.7. The van der Waals surface area contributed by atoms with Crippen LogP contribution < -0.4 is 19.6 Å². The molecule has 0 saturated carbocycles. The summed E-state index contributed by atoms with van der Waals surface area (Å²) in [6.07, 6.45) is 1.83. The summed E-state index contributed by atoms with van der Waals surface area (Å²) in [5, 5.41) is 2.59. The first-order chi connectivity index (χ1) is 21.3. The zero-order chi connectivity index (χ0) is 30.8. The van der Waals surface area contributed by atoms with E-state index in [4.69, 9.17) is 26.1 Å². The van der Waals surface area contributed by atoms with E-state index in [1.54, 1.807) is 11.5 Å². The predicted octanol–water partition coefficient (Wildman–Crippen LogP) is 7.60. The molecule has 2 aromatic heterocycles. The van der Waals surface area contributed by atoms with E-state index in [1.807, 2.05) is 90.3 Å². The second kappa shape index (κ2) is 13.5. The minimum absolute atomic E-state index is 0.201. The molecule has 11 heteroatoms. The number of thiazole rings is 1. The maximum Gasteiger partial charge on any atom is 0.338 e. The average molecular weight is 818 g/mol. The summed E-state index contributed by atoms with van der Waals surface area (Å²) in [4.78, 5) is 34.0. The summed E-state index contributed by atoms with van der Waals surface area (Å²) in [7, 11) is 0. The van der Waals surface area contributed by atoms with Gasteiger partial charge in [-0.05, 0) is 76.9 Å². The molecule has 6 rings (SSSR count). The first-order valence-corrected chi connectivity index (χ1v) is 17.5. The summed E-state index contributed by atoms with van der Waals surface area (Å²) in [5.41, 5.74) is 3.06. The molecule has 6 nitrogen and oxygen atoms in total. The molecule has 0 aliphatic carbocycles. The van der Waals surface area contributed by atoms with Gasteiger partial charge in [0.25, 0.3) is 5.56 Å². The van der Waals surface area contributed by atoms with Gasteiger partial charge in [-0.25, -0.2) is 9.79 Å². The van der Waals surface area contributed by atoms with Crippen molar-refractivity contribution in [2.75, 3.05) is 6.61 Å². The first kappa shape index (κ1) is 31.0. The van der Waals surface area contributed by atoms with Gasteiger partial charge in [-0.1, -0.05) is 87.4 Å². The van der Waals surface area contributed by atoms with E-state index in [-0.39, 0.29) is 12.2 Å². The Kier molecular flexibility index (Phi) is 9.53. The number of thiophene rings is 1. The summed E-state index contributed by atoms with van der Waals surface area (Å²) >= 11 is 14.6. The molecule has 0 amide bonds. The van der Waals surface area contributed by atoms with Crippen molar-refractivity contribution < 1.29 is 14.3 Å². The fraction of sp³-hybridized carbons (Fsp3) is 0.121. The van der Waals surface area contributed by atoms with Gasteiger partial charge in [0.1, 0.15) is 18.4 Å². The van der Waals surface area contributed by atoms with Crippen LogP contribution in [0.1, 0.15) is 34.5 Å². The number of rotatable bonds is 8. The van der Waals surface area contributed by atoms with E-state index in [9.17, 15) is 9.59 Å². The molecule has 0 spiro atoms. The Morgan fingerprint density at radius 2 is 1.89 bits per heavy atom. The quantitative estimate of drug-likeness (QED) is 0.120. The topological polar surface area (TPSA) is 69.9 Å². The minimum atomic E-state index is -0.689. The SMILES string of the molecule is CCOC(=O)C1=C(c2ccccc2)N=c2s/c(=C\c3cc(Br)cc(I)c3OCc3ccc(Cl)cc3)c(=O)n2[C@H]1c1cccs1. The van der Waals surface area contributed by atoms with Crippen molar-refractivity contribution in [2.24, 2.45) is 4.99 Å². The monoisotopic (exact) mass is 816 g/mol. The van der Waals surface area contributed by atoms with E-state index < -0.39 is 12.0 Å². The van der Waals surface area contributed by atoms with Crippen LogP contribution in [0.2, 0.25) is 5.02 Å². The summed E-state index contributed by atoms with van der Waals surface area (Å²) in [6, 6.07) is 24.1. The van der Waals surface area contributed by atoms with Gasteiger partial charge < -0.3 is 9.47 Å². The lowest BCUT2D eigenvalue weighted by molar-refractivity contribution is -0.138. The van der Waals surface area contributed by atoms with Crippen LogP contribution in [0.25, 0.3) is 11.8 Å². The number of aromatic nitrogens is 1. The van der Waals surface area contributed by atoms with Crippen molar-refractivity contribution in [1.29, 1.82) is 0 Å². The Labute approximate surface area is 288 Å². The Balaban J connectivity index is 1.53. The van der Waals surface area contributed by atoms with Crippen LogP contribution in [0.15, 0.2) is 104 Å².